The summed E-state index contributed by atoms with van der Waals surface area (Å²) in [5.74, 6) is 0.144. The molecule has 2 aromatic carbocycles. The Hall–Kier alpha value is -2.44. The summed E-state index contributed by atoms with van der Waals surface area (Å²) in [4.78, 5) is 12.5. The number of rotatable bonds is 5. The summed E-state index contributed by atoms with van der Waals surface area (Å²) >= 11 is 6.17. The molecular formula is C19H18ClN3O2S. The summed E-state index contributed by atoms with van der Waals surface area (Å²) in [6.45, 7) is 1.90. The van der Waals surface area contributed by atoms with Crippen molar-refractivity contribution in [1.29, 1.82) is 0 Å². The highest BCUT2D eigenvalue weighted by atomic mass is 35.5. The van der Waals surface area contributed by atoms with E-state index in [0.29, 0.717) is 22.2 Å². The van der Waals surface area contributed by atoms with Crippen LogP contribution >= 0.6 is 11.6 Å². The monoisotopic (exact) mass is 387 g/mol. The number of benzene rings is 2. The molecule has 3 aromatic rings. The van der Waals surface area contributed by atoms with Gasteiger partial charge in [-0.05, 0) is 42.3 Å². The van der Waals surface area contributed by atoms with Crippen LogP contribution in [0, 0.1) is 6.92 Å². The van der Waals surface area contributed by atoms with E-state index in [-0.39, 0.29) is 11.6 Å². The fourth-order valence-electron chi connectivity index (χ4n) is 2.60. The molecule has 7 heteroatoms. The molecule has 0 saturated carbocycles. The van der Waals surface area contributed by atoms with Crippen LogP contribution in [0.5, 0.6) is 0 Å². The zero-order valence-electron chi connectivity index (χ0n) is 14.4. The number of nitrogens with one attached hydrogen (secondary N) is 1. The lowest BCUT2D eigenvalue weighted by molar-refractivity contribution is 0.102. The fourth-order valence-corrected chi connectivity index (χ4v) is 3.57. The highest BCUT2D eigenvalue weighted by Crippen LogP contribution is 2.22. The highest BCUT2D eigenvalue weighted by molar-refractivity contribution is 7.83. The molecule has 26 heavy (non-hydrogen) atoms. The first-order valence-corrected chi connectivity index (χ1v) is 10.1. The smallest absolute Gasteiger partial charge is 0.276 e. The number of hydrogen-bond donors (Lipinski definition) is 1. The van der Waals surface area contributed by atoms with Gasteiger partial charge in [0.25, 0.3) is 5.91 Å². The number of amides is 1. The highest BCUT2D eigenvalue weighted by Gasteiger charge is 2.14. The maximum atomic E-state index is 12.5. The Kier molecular flexibility index (Phi) is 5.54. The predicted octanol–water partition coefficient (Wildman–Crippen LogP) is 3.96. The predicted molar refractivity (Wildman–Crippen MR) is 105 cm³/mol. The van der Waals surface area contributed by atoms with E-state index in [1.165, 1.54) is 0 Å². The van der Waals surface area contributed by atoms with Crippen LogP contribution in [0.15, 0.2) is 54.7 Å². The van der Waals surface area contributed by atoms with Gasteiger partial charge in [-0.3, -0.25) is 9.00 Å². The summed E-state index contributed by atoms with van der Waals surface area (Å²) in [7, 11) is -0.945. The molecule has 0 aliphatic heterocycles. The minimum atomic E-state index is -0.945. The minimum Gasteiger partial charge on any atom is -0.320 e. The minimum absolute atomic E-state index is 0.286. The standard InChI is InChI=1S/C19H18ClN3O2S/c1-13-14(12-26(2)25)6-5-8-16(13)21-19(24)17-10-11-23(22-17)18-9-4-3-7-15(18)20/h3-11H,12H2,1-2H3,(H,21,24). The number of nitrogens with zero attached hydrogens (tertiary/aromatic N) is 2. The van der Waals surface area contributed by atoms with Gasteiger partial charge in [0.1, 0.15) is 0 Å². The Labute approximate surface area is 159 Å². The average Bonchev–Trinajstić information content (AvgIpc) is 3.08. The third kappa shape index (κ3) is 4.03. The van der Waals surface area contributed by atoms with Crippen molar-refractivity contribution in [3.8, 4) is 5.69 Å². The van der Waals surface area contributed by atoms with Gasteiger partial charge in [-0.15, -0.1) is 0 Å². The van der Waals surface area contributed by atoms with Gasteiger partial charge in [0.2, 0.25) is 0 Å². The molecule has 1 unspecified atom stereocenters. The summed E-state index contributed by atoms with van der Waals surface area (Å²) in [6, 6.07) is 14.5. The molecule has 3 rings (SSSR count). The molecule has 134 valence electrons. The number of hydrogen-bond acceptors (Lipinski definition) is 3. The van der Waals surface area contributed by atoms with Crippen molar-refractivity contribution >= 4 is 34.0 Å². The van der Waals surface area contributed by atoms with Crippen molar-refractivity contribution < 1.29 is 9.00 Å². The van der Waals surface area contributed by atoms with Crippen molar-refractivity contribution in [2.45, 2.75) is 12.7 Å². The number of para-hydroxylation sites is 1. The largest absolute Gasteiger partial charge is 0.320 e. The van der Waals surface area contributed by atoms with Gasteiger partial charge in [-0.2, -0.15) is 5.10 Å². The van der Waals surface area contributed by atoms with E-state index < -0.39 is 10.8 Å². The second kappa shape index (κ2) is 7.85. The quantitative estimate of drug-likeness (QED) is 0.720. The van der Waals surface area contributed by atoms with Crippen LogP contribution in [-0.2, 0) is 16.6 Å². The third-order valence-corrected chi connectivity index (χ3v) is 5.01. The summed E-state index contributed by atoms with van der Waals surface area (Å²) < 4.78 is 13.1. The SMILES string of the molecule is Cc1c(CS(C)=O)cccc1NC(=O)c1ccn(-c2ccccc2Cl)n1. The second-order valence-electron chi connectivity index (χ2n) is 5.86. The molecule has 0 radical (unpaired) electrons. The number of anilines is 1. The van der Waals surface area contributed by atoms with E-state index >= 15 is 0 Å². The Morgan fingerprint density at radius 3 is 2.69 bits per heavy atom. The van der Waals surface area contributed by atoms with Gasteiger partial charge in [0.15, 0.2) is 5.69 Å². The number of halogens is 1. The van der Waals surface area contributed by atoms with Crippen LogP contribution in [0.3, 0.4) is 0 Å². The van der Waals surface area contributed by atoms with Gasteiger partial charge in [0.05, 0.1) is 10.7 Å². The molecule has 1 N–H and O–H groups in total. The van der Waals surface area contributed by atoms with Gasteiger partial charge in [0, 0.05) is 34.7 Å². The number of carbonyl (C=O) groups is 1. The van der Waals surface area contributed by atoms with Crippen molar-refractivity contribution in [2.75, 3.05) is 11.6 Å². The molecule has 1 atom stereocenters. The van der Waals surface area contributed by atoms with E-state index in [1.54, 1.807) is 29.3 Å². The van der Waals surface area contributed by atoms with Gasteiger partial charge in [-0.1, -0.05) is 35.9 Å². The Bertz CT molecular complexity index is 984. The summed E-state index contributed by atoms with van der Waals surface area (Å²) in [6.07, 6.45) is 3.35. The zero-order chi connectivity index (χ0) is 18.7. The van der Waals surface area contributed by atoms with Crippen LogP contribution in [-0.4, -0.2) is 26.2 Å². The molecule has 0 fully saturated rings. The Morgan fingerprint density at radius 2 is 1.96 bits per heavy atom. The molecule has 0 spiro atoms. The molecule has 0 aliphatic rings. The first-order valence-electron chi connectivity index (χ1n) is 7.96. The molecule has 1 aromatic heterocycles. The van der Waals surface area contributed by atoms with Crippen molar-refractivity contribution in [3.05, 3.63) is 76.6 Å². The molecule has 1 heterocycles. The summed E-state index contributed by atoms with van der Waals surface area (Å²) in [5.41, 5.74) is 3.53. The van der Waals surface area contributed by atoms with E-state index in [1.807, 2.05) is 43.3 Å². The van der Waals surface area contributed by atoms with E-state index in [2.05, 4.69) is 10.4 Å². The molecule has 0 bridgehead atoms. The Morgan fingerprint density at radius 1 is 1.19 bits per heavy atom. The lowest BCUT2D eigenvalue weighted by Gasteiger charge is -2.11. The second-order valence-corrected chi connectivity index (χ2v) is 7.70. The first kappa shape index (κ1) is 18.4. The van der Waals surface area contributed by atoms with Gasteiger partial charge < -0.3 is 5.32 Å². The molecule has 5 nitrogen and oxygen atoms in total. The molecule has 1 amide bonds. The Balaban J connectivity index is 1.82. The van der Waals surface area contributed by atoms with Crippen LogP contribution < -0.4 is 5.32 Å². The normalized spacial score (nSPS) is 12.0. The lowest BCUT2D eigenvalue weighted by Crippen LogP contribution is -2.14. The summed E-state index contributed by atoms with van der Waals surface area (Å²) in [5, 5.41) is 7.74. The molecular weight excluding hydrogens is 370 g/mol. The maximum absolute atomic E-state index is 12.5. The number of carbonyl (C=O) groups excluding carboxylic acids is 1. The van der Waals surface area contributed by atoms with Crippen molar-refractivity contribution in [2.24, 2.45) is 0 Å². The van der Waals surface area contributed by atoms with Gasteiger partial charge >= 0.3 is 0 Å². The van der Waals surface area contributed by atoms with E-state index in [4.69, 9.17) is 11.6 Å². The fraction of sp³-hybridized carbons (Fsp3) is 0.158. The molecule has 0 saturated heterocycles. The van der Waals surface area contributed by atoms with Crippen LogP contribution in [0.2, 0.25) is 5.02 Å². The lowest BCUT2D eigenvalue weighted by atomic mass is 10.1. The molecule has 0 aliphatic carbocycles. The van der Waals surface area contributed by atoms with Crippen LogP contribution in [0.4, 0.5) is 5.69 Å². The van der Waals surface area contributed by atoms with Crippen LogP contribution in [0.25, 0.3) is 5.69 Å². The zero-order valence-corrected chi connectivity index (χ0v) is 16.0. The van der Waals surface area contributed by atoms with Crippen molar-refractivity contribution in [1.82, 2.24) is 9.78 Å². The van der Waals surface area contributed by atoms with Crippen LogP contribution in [0.1, 0.15) is 21.6 Å². The van der Waals surface area contributed by atoms with E-state index in [9.17, 15) is 9.00 Å². The number of aromatic nitrogens is 2. The van der Waals surface area contributed by atoms with Gasteiger partial charge in [-0.25, -0.2) is 4.68 Å². The van der Waals surface area contributed by atoms with Crippen molar-refractivity contribution in [3.63, 3.8) is 0 Å². The topological polar surface area (TPSA) is 64.0 Å². The maximum Gasteiger partial charge on any atom is 0.276 e. The van der Waals surface area contributed by atoms with E-state index in [0.717, 1.165) is 11.1 Å². The third-order valence-electron chi connectivity index (χ3n) is 3.97. The average molecular weight is 388 g/mol. The first-order chi connectivity index (χ1) is 12.5.